The zero-order chi connectivity index (χ0) is 34.9. The van der Waals surface area contributed by atoms with Crippen LogP contribution in [0.5, 0.6) is 0 Å². The lowest BCUT2D eigenvalue weighted by Crippen LogP contribution is -2.59. The summed E-state index contributed by atoms with van der Waals surface area (Å²) in [6.45, 7) is 0. The molecule has 8 aliphatic carbocycles. The van der Waals surface area contributed by atoms with Gasteiger partial charge in [0.1, 0.15) is 23.5 Å². The molecule has 1 aromatic heterocycles. The summed E-state index contributed by atoms with van der Waals surface area (Å²) in [5, 5.41) is 7.93. The van der Waals surface area contributed by atoms with Gasteiger partial charge in [0.05, 0.1) is 6.17 Å². The van der Waals surface area contributed by atoms with Crippen LogP contribution in [0.3, 0.4) is 0 Å². The zero-order valence-corrected chi connectivity index (χ0v) is 30.5. The van der Waals surface area contributed by atoms with Crippen LogP contribution in [-0.4, -0.2) is 18.2 Å². The second kappa shape index (κ2) is 13.0. The van der Waals surface area contributed by atoms with Gasteiger partial charge in [-0.3, -0.25) is 5.32 Å². The first-order valence-corrected chi connectivity index (χ1v) is 20.4. The molecule has 0 radical (unpaired) electrons. The van der Waals surface area contributed by atoms with E-state index in [-0.39, 0.29) is 18.2 Å². The van der Waals surface area contributed by atoms with Crippen LogP contribution in [0.4, 0.5) is 0 Å². The molecule has 0 fully saturated rings. The largest absolute Gasteiger partial charge is 0.461 e. The van der Waals surface area contributed by atoms with Gasteiger partial charge in [-0.05, 0) is 103 Å². The van der Waals surface area contributed by atoms with Crippen molar-refractivity contribution in [3.05, 3.63) is 165 Å². The number of benzene rings is 1. The van der Waals surface area contributed by atoms with E-state index in [0.29, 0.717) is 35.5 Å². The van der Waals surface area contributed by atoms with E-state index in [1.165, 1.54) is 51.2 Å². The smallest absolute Gasteiger partial charge is 0.130 e. The first-order chi connectivity index (χ1) is 26.2. The van der Waals surface area contributed by atoms with Crippen LogP contribution in [-0.2, 0) is 19.3 Å². The molecule has 0 bridgehead atoms. The fourth-order valence-corrected chi connectivity index (χ4v) is 11.1. The Morgan fingerprint density at radius 1 is 0.811 bits per heavy atom. The summed E-state index contributed by atoms with van der Waals surface area (Å²) in [4.78, 5) is 5.55. The van der Waals surface area contributed by atoms with Crippen molar-refractivity contribution in [3.63, 3.8) is 0 Å². The normalized spacial score (nSPS) is 34.5. The van der Waals surface area contributed by atoms with E-state index in [0.717, 1.165) is 63.0 Å². The molecule has 0 saturated heterocycles. The number of hydrogen-bond donors (Lipinski definition) is 2. The molecule has 266 valence electrons. The Hall–Kier alpha value is -4.67. The highest BCUT2D eigenvalue weighted by Crippen LogP contribution is 2.54. The van der Waals surface area contributed by atoms with Crippen molar-refractivity contribution in [3.8, 4) is 0 Å². The summed E-state index contributed by atoms with van der Waals surface area (Å²) >= 11 is 0. The molecule has 1 aliphatic heterocycles. The van der Waals surface area contributed by atoms with E-state index in [2.05, 4.69) is 132 Å². The van der Waals surface area contributed by atoms with Gasteiger partial charge in [-0.25, -0.2) is 4.99 Å². The van der Waals surface area contributed by atoms with Crippen LogP contribution < -0.4 is 10.6 Å². The van der Waals surface area contributed by atoms with Crippen LogP contribution in [0.2, 0.25) is 0 Å². The minimum absolute atomic E-state index is 0.0648. The zero-order valence-electron chi connectivity index (χ0n) is 30.5. The molecule has 4 heteroatoms. The van der Waals surface area contributed by atoms with Crippen molar-refractivity contribution >= 4 is 18.0 Å². The second-order valence-electron chi connectivity index (χ2n) is 16.6. The average molecular weight is 696 g/mol. The minimum Gasteiger partial charge on any atom is -0.461 e. The Balaban J connectivity index is 0.929. The van der Waals surface area contributed by atoms with Crippen molar-refractivity contribution < 1.29 is 4.42 Å². The lowest BCUT2D eigenvalue weighted by atomic mass is 9.60. The van der Waals surface area contributed by atoms with Crippen LogP contribution in [0.15, 0.2) is 141 Å². The quantitative estimate of drug-likeness (QED) is 0.313. The number of furan rings is 1. The van der Waals surface area contributed by atoms with Gasteiger partial charge >= 0.3 is 0 Å². The molecule has 4 nitrogen and oxygen atoms in total. The van der Waals surface area contributed by atoms with Gasteiger partial charge in [-0.1, -0.05) is 115 Å². The van der Waals surface area contributed by atoms with Gasteiger partial charge in [0.25, 0.3) is 0 Å². The van der Waals surface area contributed by atoms with Crippen LogP contribution in [0.1, 0.15) is 78.2 Å². The molecular weight excluding hydrogens is 647 g/mol. The molecule has 53 heavy (non-hydrogen) atoms. The van der Waals surface area contributed by atoms with Gasteiger partial charge < -0.3 is 9.73 Å². The number of nitrogens with zero attached hydrogens (tertiary/aromatic N) is 1. The average Bonchev–Trinajstić information content (AvgIpc) is 3.62. The Bertz CT molecular complexity index is 2190. The summed E-state index contributed by atoms with van der Waals surface area (Å²) in [5.41, 5.74) is 11.7. The van der Waals surface area contributed by atoms with E-state index < -0.39 is 0 Å². The monoisotopic (exact) mass is 695 g/mol. The lowest BCUT2D eigenvalue weighted by Gasteiger charge is -2.43. The van der Waals surface area contributed by atoms with Gasteiger partial charge in [-0.15, -0.1) is 0 Å². The third-order valence-electron chi connectivity index (χ3n) is 13.7. The molecule has 9 atom stereocenters. The SMILES string of the molecule is C1=CCC(C2NC(C3C=Cc4ccccc4C3)=NC(C3=CCC(C4=CC5C(C=C4)C=CC4CCc6oc7c(c6C45)CCC=C7)C4=C3CCC=C4)N2)C=C1. The van der Waals surface area contributed by atoms with E-state index in [1.807, 2.05) is 0 Å². The summed E-state index contributed by atoms with van der Waals surface area (Å²) in [6.07, 6.45) is 48.2. The predicted octanol–water partition coefficient (Wildman–Crippen LogP) is 10.0. The molecule has 1 aromatic carbocycles. The Morgan fingerprint density at radius 2 is 1.75 bits per heavy atom. The highest BCUT2D eigenvalue weighted by Gasteiger charge is 2.44. The summed E-state index contributed by atoms with van der Waals surface area (Å²) in [6, 6.07) is 8.81. The highest BCUT2D eigenvalue weighted by molar-refractivity contribution is 5.89. The third-order valence-corrected chi connectivity index (χ3v) is 13.7. The van der Waals surface area contributed by atoms with Gasteiger partial charge in [0.2, 0.25) is 0 Å². The van der Waals surface area contributed by atoms with E-state index >= 15 is 0 Å². The van der Waals surface area contributed by atoms with Crippen LogP contribution >= 0.6 is 0 Å². The first kappa shape index (κ1) is 31.8. The maximum Gasteiger partial charge on any atom is 0.130 e. The lowest BCUT2D eigenvalue weighted by molar-refractivity contribution is 0.294. The molecule has 0 saturated carbocycles. The molecule has 0 amide bonds. The third kappa shape index (κ3) is 5.47. The van der Waals surface area contributed by atoms with E-state index in [9.17, 15) is 0 Å². The van der Waals surface area contributed by atoms with E-state index in [4.69, 9.17) is 9.41 Å². The van der Waals surface area contributed by atoms with Crippen LogP contribution in [0, 0.1) is 35.5 Å². The van der Waals surface area contributed by atoms with Gasteiger partial charge in [0.15, 0.2) is 0 Å². The highest BCUT2D eigenvalue weighted by atomic mass is 16.3. The molecule has 11 rings (SSSR count). The van der Waals surface area contributed by atoms with Crippen molar-refractivity contribution in [1.29, 1.82) is 0 Å². The number of aryl methyl sites for hydroxylation is 1. The van der Waals surface area contributed by atoms with E-state index in [1.54, 1.807) is 5.56 Å². The van der Waals surface area contributed by atoms with Crippen LogP contribution in [0.25, 0.3) is 12.2 Å². The number of hydrogen-bond acceptors (Lipinski definition) is 4. The second-order valence-corrected chi connectivity index (χ2v) is 16.6. The number of nitrogens with one attached hydrogen (secondary N) is 2. The molecule has 2 aromatic rings. The van der Waals surface area contributed by atoms with Crippen molar-refractivity contribution in [1.82, 2.24) is 10.6 Å². The number of fused-ring (bicyclic) bond motifs is 8. The Morgan fingerprint density at radius 3 is 2.72 bits per heavy atom. The number of allylic oxidation sites excluding steroid dienone is 14. The Kier molecular flexibility index (Phi) is 7.82. The first-order valence-electron chi connectivity index (χ1n) is 20.4. The molecular formula is C49H49N3O. The minimum atomic E-state index is -0.0648. The van der Waals surface area contributed by atoms with Gasteiger partial charge in [0, 0.05) is 47.1 Å². The van der Waals surface area contributed by atoms with Crippen molar-refractivity contribution in [2.75, 3.05) is 0 Å². The summed E-state index contributed by atoms with van der Waals surface area (Å²) in [7, 11) is 0. The molecule has 9 aliphatic rings. The summed E-state index contributed by atoms with van der Waals surface area (Å²) in [5.74, 6) is 6.55. The summed E-state index contributed by atoms with van der Waals surface area (Å²) < 4.78 is 6.54. The molecule has 0 spiro atoms. The Labute approximate surface area is 314 Å². The molecule has 9 unspecified atom stereocenters. The fraction of sp³-hybridized carbons (Fsp3) is 0.367. The number of aliphatic imine (C=N–C) groups is 1. The van der Waals surface area contributed by atoms with Crippen molar-refractivity contribution in [2.24, 2.45) is 40.5 Å². The predicted molar refractivity (Wildman–Crippen MR) is 216 cm³/mol. The molecule has 2 N–H and O–H groups in total. The maximum atomic E-state index is 6.54. The topological polar surface area (TPSA) is 49.6 Å². The standard InChI is InChI=1S/C49H49N3O/c1-2-11-33(12-3-1)47-50-48(36-23-18-30-10-4-5-13-34(30)28-36)52-49(51-47)40-26-25-37(38-14-6-7-15-39(38)40)35-22-20-31-19-21-32-24-27-44-46(45(32)42(31)29-35)41-16-8-9-17-43(41)53-44/h1-6,9-11,13-14,17-23,26,29,31-33,36-37,42,45,47,49,51H,7-8,12,15-16,24-25,27-28H2,(H,50,52). The fourth-order valence-electron chi connectivity index (χ4n) is 11.1. The maximum absolute atomic E-state index is 6.54. The molecule has 2 heterocycles. The number of rotatable bonds is 4. The number of amidine groups is 1. The van der Waals surface area contributed by atoms with Crippen molar-refractivity contribution in [2.45, 2.75) is 76.0 Å². The van der Waals surface area contributed by atoms with Gasteiger partial charge in [-0.2, -0.15) is 0 Å².